The smallest absolute Gasteiger partial charge is 0.338 e. The van der Waals surface area contributed by atoms with E-state index in [9.17, 15) is 9.59 Å². The van der Waals surface area contributed by atoms with E-state index in [0.29, 0.717) is 17.9 Å². The van der Waals surface area contributed by atoms with Crippen LogP contribution >= 0.6 is 0 Å². The lowest BCUT2D eigenvalue weighted by Crippen LogP contribution is -2.30. The predicted molar refractivity (Wildman–Crippen MR) is 97.0 cm³/mol. The van der Waals surface area contributed by atoms with Gasteiger partial charge in [0.05, 0.1) is 12.2 Å². The highest BCUT2D eigenvalue weighted by Crippen LogP contribution is 2.24. The Labute approximate surface area is 148 Å². The fourth-order valence-electron chi connectivity index (χ4n) is 2.36. The molecule has 1 atom stereocenters. The summed E-state index contributed by atoms with van der Waals surface area (Å²) < 4.78 is 10.7. The molecule has 5 nitrogen and oxygen atoms in total. The lowest BCUT2D eigenvalue weighted by molar-refractivity contribution is -0.122. The van der Waals surface area contributed by atoms with Crippen LogP contribution in [-0.2, 0) is 9.53 Å². The number of benzene rings is 2. The lowest BCUT2D eigenvalue weighted by atomic mass is 10.1. The van der Waals surface area contributed by atoms with E-state index >= 15 is 0 Å². The zero-order valence-corrected chi connectivity index (χ0v) is 15.0. The molecule has 1 amide bonds. The summed E-state index contributed by atoms with van der Waals surface area (Å²) in [4.78, 5) is 24.0. The van der Waals surface area contributed by atoms with Gasteiger partial charge >= 0.3 is 5.97 Å². The van der Waals surface area contributed by atoms with Gasteiger partial charge in [-0.1, -0.05) is 18.2 Å². The monoisotopic (exact) mass is 341 g/mol. The fourth-order valence-corrected chi connectivity index (χ4v) is 2.36. The van der Waals surface area contributed by atoms with Crippen LogP contribution in [0.15, 0.2) is 42.5 Å². The molecule has 0 spiro atoms. The van der Waals surface area contributed by atoms with E-state index in [-0.39, 0.29) is 11.9 Å². The Balaban J connectivity index is 2.00. The van der Waals surface area contributed by atoms with Gasteiger partial charge in [0.2, 0.25) is 0 Å². The molecule has 0 unspecified atom stereocenters. The van der Waals surface area contributed by atoms with Gasteiger partial charge in [0.15, 0.2) is 6.10 Å². The largest absolute Gasteiger partial charge is 0.480 e. The van der Waals surface area contributed by atoms with E-state index < -0.39 is 6.10 Å². The van der Waals surface area contributed by atoms with Crippen LogP contribution in [0.1, 0.15) is 35.3 Å². The number of hydrogen-bond acceptors (Lipinski definition) is 4. The zero-order chi connectivity index (χ0) is 18.4. The van der Waals surface area contributed by atoms with Crippen molar-refractivity contribution < 1.29 is 19.1 Å². The van der Waals surface area contributed by atoms with Gasteiger partial charge in [-0.05, 0) is 63.1 Å². The number of para-hydroxylation sites is 1. The second kappa shape index (κ2) is 8.33. The van der Waals surface area contributed by atoms with Crippen LogP contribution in [-0.4, -0.2) is 24.6 Å². The summed E-state index contributed by atoms with van der Waals surface area (Å²) in [6, 6.07) is 12.4. The lowest BCUT2D eigenvalue weighted by Gasteiger charge is -2.18. The molecule has 0 aliphatic heterocycles. The standard InChI is InChI=1S/C20H23NO4/c1-5-24-20(23)16-9-11-17(12-10-16)21-19(22)15(4)25-18-13(2)7-6-8-14(18)3/h6-12,15H,5H2,1-4H3,(H,21,22)/t15-/m1/s1. The minimum Gasteiger partial charge on any atom is -0.480 e. The molecule has 0 bridgehead atoms. The van der Waals surface area contributed by atoms with Crippen molar-refractivity contribution >= 4 is 17.6 Å². The van der Waals surface area contributed by atoms with Crippen molar-refractivity contribution in [1.29, 1.82) is 0 Å². The number of hydrogen-bond donors (Lipinski definition) is 1. The summed E-state index contributed by atoms with van der Waals surface area (Å²) in [5, 5.41) is 2.78. The minimum atomic E-state index is -0.649. The highest BCUT2D eigenvalue weighted by molar-refractivity contribution is 5.95. The van der Waals surface area contributed by atoms with Gasteiger partial charge < -0.3 is 14.8 Å². The van der Waals surface area contributed by atoms with Gasteiger partial charge in [-0.2, -0.15) is 0 Å². The number of carbonyl (C=O) groups excluding carboxylic acids is 2. The first-order valence-electron chi connectivity index (χ1n) is 8.23. The first kappa shape index (κ1) is 18.5. The quantitative estimate of drug-likeness (QED) is 0.810. The Hall–Kier alpha value is -2.82. The van der Waals surface area contributed by atoms with Crippen molar-refractivity contribution in [2.24, 2.45) is 0 Å². The number of rotatable bonds is 6. The van der Waals surface area contributed by atoms with Crippen LogP contribution < -0.4 is 10.1 Å². The van der Waals surface area contributed by atoms with Crippen LogP contribution in [0.4, 0.5) is 5.69 Å². The average molecular weight is 341 g/mol. The van der Waals surface area contributed by atoms with Crippen LogP contribution in [0.5, 0.6) is 5.75 Å². The number of aryl methyl sites for hydroxylation is 2. The number of ether oxygens (including phenoxy) is 2. The third kappa shape index (κ3) is 4.83. The number of anilines is 1. The minimum absolute atomic E-state index is 0.258. The molecular formula is C20H23NO4. The Bertz CT molecular complexity index is 733. The molecule has 5 heteroatoms. The fraction of sp³-hybridized carbons (Fsp3) is 0.300. The second-order valence-corrected chi connectivity index (χ2v) is 5.77. The van der Waals surface area contributed by atoms with Crippen molar-refractivity contribution in [1.82, 2.24) is 0 Å². The van der Waals surface area contributed by atoms with Crippen molar-refractivity contribution in [3.8, 4) is 5.75 Å². The molecule has 0 saturated heterocycles. The van der Waals surface area contributed by atoms with Gasteiger partial charge in [-0.3, -0.25) is 4.79 Å². The van der Waals surface area contributed by atoms with Gasteiger partial charge in [-0.15, -0.1) is 0 Å². The summed E-state index contributed by atoms with van der Waals surface area (Å²) in [5.41, 5.74) is 3.01. The predicted octanol–water partition coefficient (Wildman–Crippen LogP) is 3.89. The van der Waals surface area contributed by atoms with Crippen molar-refractivity contribution in [3.63, 3.8) is 0 Å². The molecule has 25 heavy (non-hydrogen) atoms. The molecule has 2 aromatic rings. The molecule has 2 aromatic carbocycles. The highest BCUT2D eigenvalue weighted by atomic mass is 16.5. The van der Waals surface area contributed by atoms with E-state index in [1.807, 2.05) is 32.0 Å². The third-order valence-corrected chi connectivity index (χ3v) is 3.74. The molecule has 0 aromatic heterocycles. The molecule has 0 aliphatic rings. The normalized spacial score (nSPS) is 11.5. The van der Waals surface area contributed by atoms with E-state index in [1.54, 1.807) is 38.1 Å². The zero-order valence-electron chi connectivity index (χ0n) is 15.0. The molecule has 2 rings (SSSR count). The molecule has 0 aliphatic carbocycles. The SMILES string of the molecule is CCOC(=O)c1ccc(NC(=O)[C@@H](C)Oc2c(C)cccc2C)cc1. The maximum absolute atomic E-state index is 12.3. The first-order chi connectivity index (χ1) is 11.9. The average Bonchev–Trinajstić information content (AvgIpc) is 2.59. The van der Waals surface area contributed by atoms with E-state index in [4.69, 9.17) is 9.47 Å². The van der Waals surface area contributed by atoms with Gasteiger partial charge in [0.25, 0.3) is 5.91 Å². The summed E-state index contributed by atoms with van der Waals surface area (Å²) in [6.07, 6.45) is -0.649. The van der Waals surface area contributed by atoms with E-state index in [2.05, 4.69) is 5.32 Å². The molecular weight excluding hydrogens is 318 g/mol. The van der Waals surface area contributed by atoms with E-state index in [1.165, 1.54) is 0 Å². The van der Waals surface area contributed by atoms with Crippen LogP contribution in [0.2, 0.25) is 0 Å². The summed E-state index contributed by atoms with van der Waals surface area (Å²) in [6.45, 7) is 7.67. The maximum Gasteiger partial charge on any atom is 0.338 e. The Morgan fingerprint density at radius 2 is 1.64 bits per heavy atom. The topological polar surface area (TPSA) is 64.6 Å². The summed E-state index contributed by atoms with van der Waals surface area (Å²) in [7, 11) is 0. The number of amides is 1. The highest BCUT2D eigenvalue weighted by Gasteiger charge is 2.17. The van der Waals surface area contributed by atoms with Crippen LogP contribution in [0.25, 0.3) is 0 Å². The summed E-state index contributed by atoms with van der Waals surface area (Å²) >= 11 is 0. The van der Waals surface area contributed by atoms with Crippen LogP contribution in [0.3, 0.4) is 0 Å². The van der Waals surface area contributed by atoms with Crippen LogP contribution in [0, 0.1) is 13.8 Å². The number of nitrogens with one attached hydrogen (secondary N) is 1. The van der Waals surface area contributed by atoms with Gasteiger partial charge in [0.1, 0.15) is 5.75 Å². The summed E-state index contributed by atoms with van der Waals surface area (Å²) in [5.74, 6) is 0.0847. The Morgan fingerprint density at radius 1 is 1.04 bits per heavy atom. The molecule has 0 saturated carbocycles. The molecule has 132 valence electrons. The van der Waals surface area contributed by atoms with E-state index in [0.717, 1.165) is 16.9 Å². The molecule has 1 N–H and O–H groups in total. The van der Waals surface area contributed by atoms with Gasteiger partial charge in [0, 0.05) is 5.69 Å². The van der Waals surface area contributed by atoms with Crippen molar-refractivity contribution in [3.05, 3.63) is 59.2 Å². The third-order valence-electron chi connectivity index (χ3n) is 3.74. The Morgan fingerprint density at radius 3 is 2.20 bits per heavy atom. The molecule has 0 fully saturated rings. The molecule has 0 radical (unpaired) electrons. The maximum atomic E-state index is 12.3. The van der Waals surface area contributed by atoms with Crippen molar-refractivity contribution in [2.75, 3.05) is 11.9 Å². The first-order valence-corrected chi connectivity index (χ1v) is 8.23. The number of carbonyl (C=O) groups is 2. The van der Waals surface area contributed by atoms with Crippen molar-refractivity contribution in [2.45, 2.75) is 33.8 Å². The Kier molecular flexibility index (Phi) is 6.17. The number of esters is 1. The molecule has 0 heterocycles. The van der Waals surface area contributed by atoms with Gasteiger partial charge in [-0.25, -0.2) is 4.79 Å². The second-order valence-electron chi connectivity index (χ2n) is 5.77.